The molecule has 14 heavy (non-hydrogen) atoms. The molecule has 76 valence electrons. The number of hydrogen-bond donors (Lipinski definition) is 0. The second-order valence-electron chi connectivity index (χ2n) is 3.09. The summed E-state index contributed by atoms with van der Waals surface area (Å²) in [5, 5.41) is 0. The molecule has 0 saturated carbocycles. The number of hydrogen-bond acceptors (Lipinski definition) is 2. The van der Waals surface area contributed by atoms with Crippen LogP contribution in [0.1, 0.15) is 18.4 Å². The maximum Gasteiger partial charge on any atom is 0.274 e. The summed E-state index contributed by atoms with van der Waals surface area (Å²) in [6.07, 6.45) is 1.95. The predicted molar refractivity (Wildman–Crippen MR) is 57.0 cm³/mol. The zero-order valence-electron chi connectivity index (χ0n) is 8.86. The Balaban J connectivity index is 2.76. The topological polar surface area (TPSA) is 18.5 Å². The molecule has 0 spiro atoms. The Morgan fingerprint density at radius 1 is 1.14 bits per heavy atom. The van der Waals surface area contributed by atoms with Gasteiger partial charge < -0.3 is 9.47 Å². The molecule has 1 aromatic rings. The van der Waals surface area contributed by atoms with E-state index in [2.05, 4.69) is 19.1 Å². The molecule has 0 unspecified atom stereocenters. The van der Waals surface area contributed by atoms with Crippen LogP contribution in [0, 0.1) is 0 Å². The summed E-state index contributed by atoms with van der Waals surface area (Å²) in [6.45, 7) is 2.10. The van der Waals surface area contributed by atoms with Crippen molar-refractivity contribution in [3.8, 4) is 0 Å². The Morgan fingerprint density at radius 3 is 2.21 bits per heavy atom. The third-order valence-electron chi connectivity index (χ3n) is 2.11. The zero-order chi connectivity index (χ0) is 10.4. The minimum absolute atomic E-state index is 0.297. The first-order valence-corrected chi connectivity index (χ1v) is 4.62. The SMILES string of the molecule is COC(=C[C@H](C)c1ccccc1)OC. The molecule has 0 fully saturated rings. The molecule has 0 aliphatic heterocycles. The third kappa shape index (κ3) is 2.80. The Kier molecular flexibility index (Phi) is 4.05. The number of methoxy groups -OCH3 is 2. The van der Waals surface area contributed by atoms with E-state index in [1.807, 2.05) is 24.3 Å². The smallest absolute Gasteiger partial charge is 0.274 e. The van der Waals surface area contributed by atoms with Crippen LogP contribution in [0.25, 0.3) is 0 Å². The molecule has 0 bridgehead atoms. The summed E-state index contributed by atoms with van der Waals surface area (Å²) >= 11 is 0. The van der Waals surface area contributed by atoms with Crippen LogP contribution >= 0.6 is 0 Å². The van der Waals surface area contributed by atoms with E-state index >= 15 is 0 Å². The van der Waals surface area contributed by atoms with Crippen LogP contribution in [-0.4, -0.2) is 14.2 Å². The molecule has 0 saturated heterocycles. The van der Waals surface area contributed by atoms with Gasteiger partial charge in [0.25, 0.3) is 5.95 Å². The van der Waals surface area contributed by atoms with Gasteiger partial charge in [0.05, 0.1) is 14.2 Å². The summed E-state index contributed by atoms with van der Waals surface area (Å²) in [4.78, 5) is 0. The van der Waals surface area contributed by atoms with E-state index in [4.69, 9.17) is 9.47 Å². The lowest BCUT2D eigenvalue weighted by atomic mass is 10.0. The largest absolute Gasteiger partial charge is 0.469 e. The lowest BCUT2D eigenvalue weighted by molar-refractivity contribution is 0.0935. The van der Waals surface area contributed by atoms with Gasteiger partial charge in [0.15, 0.2) is 0 Å². The van der Waals surface area contributed by atoms with Crippen molar-refractivity contribution in [2.45, 2.75) is 12.8 Å². The van der Waals surface area contributed by atoms with E-state index in [9.17, 15) is 0 Å². The Morgan fingerprint density at radius 2 is 1.71 bits per heavy atom. The van der Waals surface area contributed by atoms with Crippen LogP contribution in [-0.2, 0) is 9.47 Å². The number of allylic oxidation sites excluding steroid dienone is 1. The highest BCUT2D eigenvalue weighted by atomic mass is 16.7. The minimum Gasteiger partial charge on any atom is -0.469 e. The van der Waals surface area contributed by atoms with E-state index < -0.39 is 0 Å². The molecule has 2 nitrogen and oxygen atoms in total. The summed E-state index contributed by atoms with van der Waals surface area (Å²) in [7, 11) is 3.21. The maximum absolute atomic E-state index is 5.03. The van der Waals surface area contributed by atoms with Crippen LogP contribution in [0.2, 0.25) is 0 Å². The molecule has 0 N–H and O–H groups in total. The molecule has 1 rings (SSSR count). The fourth-order valence-corrected chi connectivity index (χ4v) is 1.28. The van der Waals surface area contributed by atoms with Gasteiger partial charge in [-0.25, -0.2) is 0 Å². The molecule has 1 atom stereocenters. The van der Waals surface area contributed by atoms with Gasteiger partial charge in [0.1, 0.15) is 0 Å². The Labute approximate surface area is 85.2 Å². The van der Waals surface area contributed by atoms with Gasteiger partial charge in [-0.3, -0.25) is 0 Å². The van der Waals surface area contributed by atoms with E-state index in [0.29, 0.717) is 11.9 Å². The molecule has 1 aromatic carbocycles. The first-order valence-electron chi connectivity index (χ1n) is 4.62. The fourth-order valence-electron chi connectivity index (χ4n) is 1.28. The lowest BCUT2D eigenvalue weighted by Crippen LogP contribution is -1.95. The highest BCUT2D eigenvalue weighted by Crippen LogP contribution is 2.17. The van der Waals surface area contributed by atoms with E-state index in [-0.39, 0.29) is 0 Å². The van der Waals surface area contributed by atoms with Gasteiger partial charge in [-0.1, -0.05) is 37.3 Å². The van der Waals surface area contributed by atoms with Gasteiger partial charge in [0.2, 0.25) is 0 Å². The molecule has 0 radical (unpaired) electrons. The van der Waals surface area contributed by atoms with Gasteiger partial charge in [-0.2, -0.15) is 0 Å². The fraction of sp³-hybridized carbons (Fsp3) is 0.333. The van der Waals surface area contributed by atoms with Gasteiger partial charge in [-0.05, 0) is 5.56 Å². The van der Waals surface area contributed by atoms with Crippen molar-refractivity contribution in [2.75, 3.05) is 14.2 Å². The summed E-state index contributed by atoms with van der Waals surface area (Å²) in [6, 6.07) is 10.2. The van der Waals surface area contributed by atoms with Gasteiger partial charge in [0, 0.05) is 12.0 Å². The summed E-state index contributed by atoms with van der Waals surface area (Å²) in [5.74, 6) is 0.854. The number of rotatable bonds is 4. The van der Waals surface area contributed by atoms with Crippen molar-refractivity contribution in [1.82, 2.24) is 0 Å². The molecule has 0 aliphatic rings. The molecule has 0 heterocycles. The van der Waals surface area contributed by atoms with E-state index in [0.717, 1.165) is 0 Å². The first-order chi connectivity index (χ1) is 6.77. The van der Waals surface area contributed by atoms with Crippen LogP contribution in [0.4, 0.5) is 0 Å². The highest BCUT2D eigenvalue weighted by molar-refractivity contribution is 5.22. The van der Waals surface area contributed by atoms with Crippen LogP contribution < -0.4 is 0 Å². The van der Waals surface area contributed by atoms with Crippen LogP contribution in [0.3, 0.4) is 0 Å². The van der Waals surface area contributed by atoms with Gasteiger partial charge in [-0.15, -0.1) is 0 Å². The quantitative estimate of drug-likeness (QED) is 0.683. The van der Waals surface area contributed by atoms with Crippen LogP contribution in [0.15, 0.2) is 42.4 Å². The summed E-state index contributed by atoms with van der Waals surface area (Å²) < 4.78 is 10.1. The van der Waals surface area contributed by atoms with Crippen molar-refractivity contribution in [1.29, 1.82) is 0 Å². The second-order valence-corrected chi connectivity index (χ2v) is 3.09. The van der Waals surface area contributed by atoms with Crippen molar-refractivity contribution < 1.29 is 9.47 Å². The molecule has 2 heteroatoms. The third-order valence-corrected chi connectivity index (χ3v) is 2.11. The molecular weight excluding hydrogens is 176 g/mol. The highest BCUT2D eigenvalue weighted by Gasteiger charge is 2.03. The predicted octanol–water partition coefficient (Wildman–Crippen LogP) is 2.92. The first kappa shape index (κ1) is 10.6. The van der Waals surface area contributed by atoms with E-state index in [1.165, 1.54) is 5.56 Å². The molecular formula is C12H16O2. The molecule has 0 aliphatic carbocycles. The van der Waals surface area contributed by atoms with Crippen LogP contribution in [0.5, 0.6) is 0 Å². The van der Waals surface area contributed by atoms with Crippen molar-refractivity contribution in [2.24, 2.45) is 0 Å². The van der Waals surface area contributed by atoms with Crippen molar-refractivity contribution in [3.63, 3.8) is 0 Å². The zero-order valence-corrected chi connectivity index (χ0v) is 8.86. The van der Waals surface area contributed by atoms with Crippen molar-refractivity contribution in [3.05, 3.63) is 47.9 Å². The average Bonchev–Trinajstić information content (AvgIpc) is 2.26. The minimum atomic E-state index is 0.297. The standard InChI is InChI=1S/C12H16O2/c1-10(9-12(13-2)14-3)11-7-5-4-6-8-11/h4-10H,1-3H3/t10-/m0/s1. The average molecular weight is 192 g/mol. The van der Waals surface area contributed by atoms with Crippen molar-refractivity contribution >= 4 is 0 Å². The monoisotopic (exact) mass is 192 g/mol. The Hall–Kier alpha value is -1.44. The summed E-state index contributed by atoms with van der Waals surface area (Å²) in [5.41, 5.74) is 1.25. The normalized spacial score (nSPS) is 11.6. The van der Waals surface area contributed by atoms with Gasteiger partial charge >= 0.3 is 0 Å². The number of benzene rings is 1. The molecule has 0 aromatic heterocycles. The molecule has 0 amide bonds. The number of ether oxygens (including phenoxy) is 2. The lowest BCUT2D eigenvalue weighted by Gasteiger charge is -2.09. The Bertz CT molecular complexity index is 284. The maximum atomic E-state index is 5.03. The van der Waals surface area contributed by atoms with E-state index in [1.54, 1.807) is 14.2 Å². The second kappa shape index (κ2) is 5.32.